The predicted molar refractivity (Wildman–Crippen MR) is 112 cm³/mol. The van der Waals surface area contributed by atoms with E-state index < -0.39 is 21.7 Å². The largest absolute Gasteiger partial charge is 0.494 e. The molecule has 0 fully saturated rings. The van der Waals surface area contributed by atoms with Gasteiger partial charge >= 0.3 is 0 Å². The SMILES string of the molecule is CCOc1ccc(NC(=O)c2sccc2S(=O)(=O)N(C)c2ccc(F)cc2)cc1. The van der Waals surface area contributed by atoms with Crippen molar-refractivity contribution in [2.45, 2.75) is 11.8 Å². The minimum absolute atomic E-state index is 0.0628. The number of anilines is 2. The minimum atomic E-state index is -4.00. The Labute approximate surface area is 172 Å². The van der Waals surface area contributed by atoms with Crippen molar-refractivity contribution in [2.75, 3.05) is 23.3 Å². The molecule has 3 aromatic rings. The summed E-state index contributed by atoms with van der Waals surface area (Å²) >= 11 is 1.03. The van der Waals surface area contributed by atoms with Gasteiger partial charge in [-0.15, -0.1) is 11.3 Å². The van der Waals surface area contributed by atoms with Gasteiger partial charge in [0, 0.05) is 12.7 Å². The number of amides is 1. The molecule has 1 N–H and O–H groups in total. The number of carbonyl (C=O) groups is 1. The van der Waals surface area contributed by atoms with Crippen LogP contribution in [-0.4, -0.2) is 28.0 Å². The van der Waals surface area contributed by atoms with Crippen molar-refractivity contribution in [3.05, 3.63) is 70.7 Å². The van der Waals surface area contributed by atoms with Gasteiger partial charge in [-0.1, -0.05) is 0 Å². The zero-order valence-electron chi connectivity index (χ0n) is 15.8. The third kappa shape index (κ3) is 4.57. The lowest BCUT2D eigenvalue weighted by atomic mass is 10.3. The molecule has 0 aliphatic heterocycles. The van der Waals surface area contributed by atoms with Crippen molar-refractivity contribution in [3.63, 3.8) is 0 Å². The quantitative estimate of drug-likeness (QED) is 0.599. The van der Waals surface area contributed by atoms with Crippen molar-refractivity contribution < 1.29 is 22.3 Å². The van der Waals surface area contributed by atoms with Crippen LogP contribution in [0.2, 0.25) is 0 Å². The fourth-order valence-corrected chi connectivity index (χ4v) is 5.08. The monoisotopic (exact) mass is 434 g/mol. The van der Waals surface area contributed by atoms with Crippen LogP contribution in [0.4, 0.5) is 15.8 Å². The number of ether oxygens (including phenoxy) is 1. The van der Waals surface area contributed by atoms with Gasteiger partial charge in [-0.3, -0.25) is 9.10 Å². The van der Waals surface area contributed by atoms with E-state index in [-0.39, 0.29) is 15.5 Å². The summed E-state index contributed by atoms with van der Waals surface area (Å²) in [5.74, 6) is -0.327. The van der Waals surface area contributed by atoms with Gasteiger partial charge in [0.15, 0.2) is 0 Å². The van der Waals surface area contributed by atoms with E-state index in [0.29, 0.717) is 18.0 Å². The van der Waals surface area contributed by atoms with Crippen molar-refractivity contribution >= 4 is 38.6 Å². The van der Waals surface area contributed by atoms with Gasteiger partial charge in [-0.05, 0) is 66.9 Å². The number of hydrogen-bond acceptors (Lipinski definition) is 5. The van der Waals surface area contributed by atoms with Crippen LogP contribution in [0.3, 0.4) is 0 Å². The van der Waals surface area contributed by atoms with Gasteiger partial charge in [0.2, 0.25) is 0 Å². The molecular formula is C20H19FN2O4S2. The van der Waals surface area contributed by atoms with E-state index in [4.69, 9.17) is 4.74 Å². The van der Waals surface area contributed by atoms with Crippen LogP contribution in [0.1, 0.15) is 16.6 Å². The zero-order chi connectivity index (χ0) is 21.0. The molecule has 1 aromatic heterocycles. The maximum absolute atomic E-state index is 13.1. The minimum Gasteiger partial charge on any atom is -0.494 e. The Balaban J connectivity index is 1.83. The van der Waals surface area contributed by atoms with Crippen LogP contribution in [0.25, 0.3) is 0 Å². The first kappa shape index (κ1) is 20.8. The van der Waals surface area contributed by atoms with E-state index in [1.54, 1.807) is 29.6 Å². The third-order valence-electron chi connectivity index (χ3n) is 4.09. The molecule has 0 bridgehead atoms. The summed E-state index contributed by atoms with van der Waals surface area (Å²) in [6, 6.07) is 13.2. The number of benzene rings is 2. The number of thiophene rings is 1. The fourth-order valence-electron chi connectivity index (χ4n) is 2.59. The van der Waals surface area contributed by atoms with E-state index in [1.165, 1.54) is 37.4 Å². The van der Waals surface area contributed by atoms with Crippen LogP contribution < -0.4 is 14.4 Å². The van der Waals surface area contributed by atoms with Crippen LogP contribution in [-0.2, 0) is 10.0 Å². The van der Waals surface area contributed by atoms with E-state index in [1.807, 2.05) is 6.92 Å². The molecule has 0 aliphatic carbocycles. The van der Waals surface area contributed by atoms with Crippen molar-refractivity contribution in [1.29, 1.82) is 0 Å². The summed E-state index contributed by atoms with van der Waals surface area (Å²) in [6.07, 6.45) is 0. The number of carbonyl (C=O) groups excluding carboxylic acids is 1. The van der Waals surface area contributed by atoms with Crippen LogP contribution in [0, 0.1) is 5.82 Å². The molecule has 0 spiro atoms. The first-order valence-corrected chi connectivity index (χ1v) is 11.0. The van der Waals surface area contributed by atoms with Gasteiger partial charge < -0.3 is 10.1 Å². The molecule has 0 atom stereocenters. The molecule has 3 rings (SSSR count). The molecule has 1 heterocycles. The number of nitrogens with zero attached hydrogens (tertiary/aromatic N) is 1. The Morgan fingerprint density at radius 1 is 1.10 bits per heavy atom. The maximum atomic E-state index is 13.1. The fraction of sp³-hybridized carbons (Fsp3) is 0.150. The molecule has 152 valence electrons. The van der Waals surface area contributed by atoms with Crippen LogP contribution in [0.15, 0.2) is 64.9 Å². The molecule has 1 amide bonds. The number of halogens is 1. The second-order valence-corrected chi connectivity index (χ2v) is 8.83. The molecule has 6 nitrogen and oxygen atoms in total. The highest BCUT2D eigenvalue weighted by atomic mass is 32.2. The number of nitrogens with one attached hydrogen (secondary N) is 1. The van der Waals surface area contributed by atoms with Gasteiger partial charge in [0.05, 0.1) is 12.3 Å². The lowest BCUT2D eigenvalue weighted by molar-refractivity contribution is 0.102. The summed E-state index contributed by atoms with van der Waals surface area (Å²) in [5, 5.41) is 4.24. The highest BCUT2D eigenvalue weighted by molar-refractivity contribution is 7.93. The molecular weight excluding hydrogens is 415 g/mol. The molecule has 0 saturated heterocycles. The van der Waals surface area contributed by atoms with Crippen molar-refractivity contribution in [1.82, 2.24) is 0 Å². The Kier molecular flexibility index (Phi) is 6.19. The summed E-state index contributed by atoms with van der Waals surface area (Å²) in [4.78, 5) is 12.6. The standard InChI is InChI=1S/C20H19FN2O4S2/c1-3-27-17-10-6-15(7-11-17)22-20(24)19-18(12-13-28-19)29(25,26)23(2)16-8-4-14(21)5-9-16/h4-13H,3H2,1-2H3,(H,22,24). The average molecular weight is 435 g/mol. The van der Waals surface area contributed by atoms with Gasteiger partial charge in [-0.2, -0.15) is 0 Å². The second-order valence-electron chi connectivity index (χ2n) is 5.97. The molecule has 0 radical (unpaired) electrons. The molecule has 0 aliphatic rings. The molecule has 9 heteroatoms. The topological polar surface area (TPSA) is 75.7 Å². The van der Waals surface area contributed by atoms with Crippen molar-refractivity contribution in [3.8, 4) is 5.75 Å². The lowest BCUT2D eigenvalue weighted by Gasteiger charge is -2.19. The number of sulfonamides is 1. The molecule has 0 saturated carbocycles. The summed E-state index contributed by atoms with van der Waals surface area (Å²) in [7, 11) is -2.65. The van der Waals surface area contributed by atoms with E-state index in [0.717, 1.165) is 15.6 Å². The highest BCUT2D eigenvalue weighted by Crippen LogP contribution is 2.29. The smallest absolute Gasteiger partial charge is 0.267 e. The summed E-state index contributed by atoms with van der Waals surface area (Å²) in [6.45, 7) is 2.40. The Bertz CT molecular complexity index is 1090. The third-order valence-corrected chi connectivity index (χ3v) is 6.96. The zero-order valence-corrected chi connectivity index (χ0v) is 17.4. The highest BCUT2D eigenvalue weighted by Gasteiger charge is 2.28. The van der Waals surface area contributed by atoms with E-state index >= 15 is 0 Å². The van der Waals surface area contributed by atoms with Crippen LogP contribution in [0.5, 0.6) is 5.75 Å². The molecule has 0 unspecified atom stereocenters. The average Bonchev–Trinajstić information content (AvgIpc) is 3.21. The maximum Gasteiger partial charge on any atom is 0.267 e. The van der Waals surface area contributed by atoms with Crippen molar-refractivity contribution in [2.24, 2.45) is 0 Å². The lowest BCUT2D eigenvalue weighted by Crippen LogP contribution is -2.28. The van der Waals surface area contributed by atoms with Gasteiger partial charge in [0.1, 0.15) is 21.3 Å². The number of hydrogen-bond donors (Lipinski definition) is 1. The van der Waals surface area contributed by atoms with Gasteiger partial charge in [-0.25, -0.2) is 12.8 Å². The van der Waals surface area contributed by atoms with E-state index in [9.17, 15) is 17.6 Å². The van der Waals surface area contributed by atoms with Gasteiger partial charge in [0.25, 0.3) is 15.9 Å². The van der Waals surface area contributed by atoms with E-state index in [2.05, 4.69) is 5.32 Å². The Hall–Kier alpha value is -2.91. The Morgan fingerprint density at radius 2 is 1.76 bits per heavy atom. The normalized spacial score (nSPS) is 11.1. The Morgan fingerprint density at radius 3 is 2.38 bits per heavy atom. The first-order chi connectivity index (χ1) is 13.8. The summed E-state index contributed by atoms with van der Waals surface area (Å²) < 4.78 is 45.5. The molecule has 29 heavy (non-hydrogen) atoms. The number of rotatable bonds is 7. The summed E-state index contributed by atoms with van der Waals surface area (Å²) in [5.41, 5.74) is 0.803. The predicted octanol–water partition coefficient (Wildman–Crippen LogP) is 4.36. The molecule has 2 aromatic carbocycles. The second kappa shape index (κ2) is 8.62. The van der Waals surface area contributed by atoms with Crippen LogP contribution >= 0.6 is 11.3 Å². The first-order valence-electron chi connectivity index (χ1n) is 8.69.